The van der Waals surface area contributed by atoms with E-state index >= 15 is 0 Å². The van der Waals surface area contributed by atoms with Crippen molar-refractivity contribution in [1.29, 1.82) is 0 Å². The van der Waals surface area contributed by atoms with Crippen molar-refractivity contribution in [3.05, 3.63) is 58.8 Å². The summed E-state index contributed by atoms with van der Waals surface area (Å²) in [6.45, 7) is 3.89. The number of nitrogens with zero attached hydrogens (tertiary/aromatic N) is 1. The number of anilines is 1. The highest BCUT2D eigenvalue weighted by atomic mass is 19.1. The summed E-state index contributed by atoms with van der Waals surface area (Å²) in [6, 6.07) is 9.78. The molecule has 0 saturated carbocycles. The molecule has 0 aliphatic rings. The summed E-state index contributed by atoms with van der Waals surface area (Å²) >= 11 is 0. The highest BCUT2D eigenvalue weighted by Gasteiger charge is 2.08. The molecule has 1 heterocycles. The van der Waals surface area contributed by atoms with Crippen LogP contribution in [0.4, 0.5) is 10.1 Å². The number of hydrogen-bond donors (Lipinski definition) is 1. The van der Waals surface area contributed by atoms with Gasteiger partial charge in [0.25, 0.3) is 5.56 Å². The van der Waals surface area contributed by atoms with E-state index < -0.39 is 5.82 Å². The van der Waals surface area contributed by atoms with E-state index in [0.29, 0.717) is 5.69 Å². The highest BCUT2D eigenvalue weighted by molar-refractivity contribution is 5.45. The second kappa shape index (κ2) is 5.04. The molecule has 0 aliphatic carbocycles. The lowest BCUT2D eigenvalue weighted by Gasteiger charge is -2.12. The lowest BCUT2D eigenvalue weighted by Crippen LogP contribution is -2.24. The first kappa shape index (κ1) is 12.4. The summed E-state index contributed by atoms with van der Waals surface area (Å²) in [5, 5.41) is 3.05. The van der Waals surface area contributed by atoms with E-state index in [4.69, 9.17) is 0 Å². The van der Waals surface area contributed by atoms with Gasteiger partial charge in [-0.05, 0) is 38.1 Å². The minimum Gasteiger partial charge on any atom is -0.378 e. The van der Waals surface area contributed by atoms with Gasteiger partial charge in [-0.15, -0.1) is 0 Å². The number of rotatable bonds is 3. The Labute approximate surface area is 105 Å². The molecule has 0 bridgehead atoms. The number of aromatic nitrogens is 1. The van der Waals surface area contributed by atoms with Crippen LogP contribution in [0.5, 0.6) is 0 Å². The smallest absolute Gasteiger partial charge is 0.278 e. The van der Waals surface area contributed by atoms with Crippen LogP contribution in [0.25, 0.3) is 5.69 Å². The minimum atomic E-state index is -0.415. The van der Waals surface area contributed by atoms with Gasteiger partial charge in [-0.1, -0.05) is 12.1 Å². The predicted molar refractivity (Wildman–Crippen MR) is 70.8 cm³/mol. The van der Waals surface area contributed by atoms with E-state index in [-0.39, 0.29) is 17.3 Å². The van der Waals surface area contributed by atoms with Crippen LogP contribution in [-0.2, 0) is 0 Å². The van der Waals surface area contributed by atoms with Crippen molar-refractivity contribution >= 4 is 5.69 Å². The maximum atomic E-state index is 13.7. The van der Waals surface area contributed by atoms with Crippen LogP contribution in [0.1, 0.15) is 13.8 Å². The maximum absolute atomic E-state index is 13.7. The zero-order valence-electron chi connectivity index (χ0n) is 10.4. The summed E-state index contributed by atoms with van der Waals surface area (Å²) in [4.78, 5) is 12.2. The van der Waals surface area contributed by atoms with Gasteiger partial charge in [0, 0.05) is 12.2 Å². The van der Waals surface area contributed by atoms with Gasteiger partial charge in [-0.25, -0.2) is 4.39 Å². The fraction of sp³-hybridized carbons (Fsp3) is 0.214. The van der Waals surface area contributed by atoms with Crippen molar-refractivity contribution in [3.8, 4) is 5.69 Å². The molecule has 1 aromatic heterocycles. The molecule has 2 aromatic rings. The van der Waals surface area contributed by atoms with E-state index in [2.05, 4.69) is 5.32 Å². The topological polar surface area (TPSA) is 34.0 Å². The number of nitrogens with one attached hydrogen (secondary N) is 1. The molecule has 3 nitrogen and oxygen atoms in total. The quantitative estimate of drug-likeness (QED) is 0.903. The van der Waals surface area contributed by atoms with Gasteiger partial charge in [-0.3, -0.25) is 9.36 Å². The molecular weight excluding hydrogens is 231 g/mol. The van der Waals surface area contributed by atoms with Crippen LogP contribution < -0.4 is 10.9 Å². The summed E-state index contributed by atoms with van der Waals surface area (Å²) in [6.07, 6.45) is 1.56. The van der Waals surface area contributed by atoms with Crippen LogP contribution in [-0.4, -0.2) is 10.6 Å². The van der Waals surface area contributed by atoms with Crippen molar-refractivity contribution in [2.24, 2.45) is 0 Å². The van der Waals surface area contributed by atoms with Crippen molar-refractivity contribution in [2.75, 3.05) is 5.32 Å². The van der Waals surface area contributed by atoms with Crippen LogP contribution >= 0.6 is 0 Å². The van der Waals surface area contributed by atoms with Crippen LogP contribution in [0.15, 0.2) is 47.4 Å². The third kappa shape index (κ3) is 2.42. The van der Waals surface area contributed by atoms with Gasteiger partial charge in [0.1, 0.15) is 11.5 Å². The molecule has 94 valence electrons. The van der Waals surface area contributed by atoms with Gasteiger partial charge in [0.15, 0.2) is 0 Å². The van der Waals surface area contributed by atoms with E-state index in [0.717, 1.165) is 0 Å². The molecule has 0 amide bonds. The zero-order valence-corrected chi connectivity index (χ0v) is 10.4. The zero-order chi connectivity index (χ0) is 13.1. The van der Waals surface area contributed by atoms with Crippen molar-refractivity contribution in [1.82, 2.24) is 4.57 Å². The van der Waals surface area contributed by atoms with Crippen LogP contribution in [0.2, 0.25) is 0 Å². The first-order chi connectivity index (χ1) is 8.59. The molecule has 4 heteroatoms. The van der Waals surface area contributed by atoms with Crippen LogP contribution in [0, 0.1) is 5.82 Å². The lowest BCUT2D eigenvalue weighted by molar-refractivity contribution is 0.616. The maximum Gasteiger partial charge on any atom is 0.278 e. The molecule has 2 rings (SSSR count). The molecular formula is C14H15FN2O. The Kier molecular flexibility index (Phi) is 3.46. The van der Waals surface area contributed by atoms with Crippen molar-refractivity contribution in [3.63, 3.8) is 0 Å². The Hall–Kier alpha value is -2.10. The van der Waals surface area contributed by atoms with Gasteiger partial charge >= 0.3 is 0 Å². The number of pyridine rings is 1. The molecule has 0 spiro atoms. The molecule has 0 aliphatic heterocycles. The lowest BCUT2D eigenvalue weighted by atomic mass is 10.2. The summed E-state index contributed by atoms with van der Waals surface area (Å²) in [5.41, 5.74) is 0.474. The molecule has 0 unspecified atom stereocenters. The van der Waals surface area contributed by atoms with Gasteiger partial charge in [0.2, 0.25) is 0 Å². The molecule has 0 atom stereocenters. The fourth-order valence-corrected chi connectivity index (χ4v) is 1.75. The Bertz CT molecular complexity index is 605. The summed E-state index contributed by atoms with van der Waals surface area (Å²) in [5.74, 6) is -0.415. The van der Waals surface area contributed by atoms with Gasteiger partial charge in [-0.2, -0.15) is 0 Å². The van der Waals surface area contributed by atoms with E-state index in [1.54, 1.807) is 36.5 Å². The summed E-state index contributed by atoms with van der Waals surface area (Å²) < 4.78 is 15.0. The Morgan fingerprint density at radius 2 is 1.89 bits per heavy atom. The molecule has 0 radical (unpaired) electrons. The third-order valence-corrected chi connectivity index (χ3v) is 2.50. The molecule has 1 N–H and O–H groups in total. The van der Waals surface area contributed by atoms with Crippen LogP contribution in [0.3, 0.4) is 0 Å². The average molecular weight is 246 g/mol. The molecule has 18 heavy (non-hydrogen) atoms. The first-order valence-electron chi connectivity index (χ1n) is 5.82. The first-order valence-corrected chi connectivity index (χ1v) is 5.82. The number of hydrogen-bond acceptors (Lipinski definition) is 2. The number of para-hydroxylation sites is 1. The Balaban J connectivity index is 2.53. The monoisotopic (exact) mass is 246 g/mol. The number of halogens is 1. The summed E-state index contributed by atoms with van der Waals surface area (Å²) in [7, 11) is 0. The van der Waals surface area contributed by atoms with Crippen molar-refractivity contribution in [2.45, 2.75) is 19.9 Å². The Morgan fingerprint density at radius 3 is 2.56 bits per heavy atom. The predicted octanol–water partition coefficient (Wildman–Crippen LogP) is 2.80. The fourth-order valence-electron chi connectivity index (χ4n) is 1.75. The molecule has 0 fully saturated rings. The van der Waals surface area contributed by atoms with Gasteiger partial charge in [0.05, 0.1) is 5.69 Å². The SMILES string of the molecule is CC(C)Nc1cccn(-c2ccccc2F)c1=O. The number of benzene rings is 1. The average Bonchev–Trinajstić information content (AvgIpc) is 2.32. The normalized spacial score (nSPS) is 10.7. The standard InChI is InChI=1S/C14H15FN2O/c1-10(2)16-12-7-5-9-17(14(12)18)13-8-4-3-6-11(13)15/h3-10,16H,1-2H3. The minimum absolute atomic E-state index is 0.147. The largest absolute Gasteiger partial charge is 0.378 e. The van der Waals surface area contributed by atoms with E-state index in [1.807, 2.05) is 13.8 Å². The molecule has 0 saturated heterocycles. The van der Waals surface area contributed by atoms with Gasteiger partial charge < -0.3 is 5.32 Å². The second-order valence-corrected chi connectivity index (χ2v) is 4.35. The highest BCUT2D eigenvalue weighted by Crippen LogP contribution is 2.11. The molecule has 1 aromatic carbocycles. The van der Waals surface area contributed by atoms with E-state index in [9.17, 15) is 9.18 Å². The van der Waals surface area contributed by atoms with Crippen molar-refractivity contribution < 1.29 is 4.39 Å². The third-order valence-electron chi connectivity index (χ3n) is 2.50. The Morgan fingerprint density at radius 1 is 1.17 bits per heavy atom. The van der Waals surface area contributed by atoms with E-state index in [1.165, 1.54) is 10.6 Å². The second-order valence-electron chi connectivity index (χ2n) is 4.35.